The van der Waals surface area contributed by atoms with E-state index in [0.29, 0.717) is 37.0 Å². The molecule has 3 aromatic heterocycles. The number of fused-ring (bicyclic) bond motifs is 1. The number of H-pyrrole nitrogens is 1. The molecule has 1 fully saturated rings. The van der Waals surface area contributed by atoms with Crippen LogP contribution in [0.2, 0.25) is 0 Å². The number of benzene rings is 1. The zero-order chi connectivity index (χ0) is 17.5. The molecule has 0 aliphatic carbocycles. The zero-order valence-corrected chi connectivity index (χ0v) is 13.9. The molecule has 1 aromatic carbocycles. The third-order valence-corrected chi connectivity index (χ3v) is 4.78. The number of rotatable bonds is 4. The number of carbonyl (C=O) groups is 1. The second-order valence-corrected chi connectivity index (χ2v) is 6.47. The highest BCUT2D eigenvalue weighted by atomic mass is 16.5. The van der Waals surface area contributed by atoms with Gasteiger partial charge in [0.1, 0.15) is 0 Å². The topological polar surface area (TPSA) is 88.2 Å². The second-order valence-electron chi connectivity index (χ2n) is 6.47. The van der Waals surface area contributed by atoms with E-state index < -0.39 is 0 Å². The highest BCUT2D eigenvalue weighted by Gasteiger charge is 2.35. The average Bonchev–Trinajstić information content (AvgIpc) is 3.34. The van der Waals surface area contributed by atoms with Crippen molar-refractivity contribution < 1.29 is 13.7 Å². The maximum atomic E-state index is 12.5. The Bertz CT molecular complexity index is 1060. The first-order valence-corrected chi connectivity index (χ1v) is 8.48. The Hall–Kier alpha value is -3.35. The molecule has 5 rings (SSSR count). The number of nitrogens with zero attached hydrogens (tertiary/aromatic N) is 3. The second kappa shape index (κ2) is 5.87. The van der Waals surface area contributed by atoms with Crippen LogP contribution in [0.3, 0.4) is 0 Å². The molecule has 1 saturated heterocycles. The minimum atomic E-state index is 0.0816. The van der Waals surface area contributed by atoms with Crippen LogP contribution in [0.15, 0.2) is 57.8 Å². The Kier molecular flexibility index (Phi) is 3.38. The molecule has 26 heavy (non-hydrogen) atoms. The predicted octanol–water partition coefficient (Wildman–Crippen LogP) is 2.98. The molecule has 1 aliphatic rings. The molecule has 4 heterocycles. The molecule has 0 saturated carbocycles. The van der Waals surface area contributed by atoms with Gasteiger partial charge in [-0.1, -0.05) is 23.4 Å². The number of nitrogens with one attached hydrogen (secondary N) is 1. The van der Waals surface area contributed by atoms with Crippen LogP contribution in [0.1, 0.15) is 17.4 Å². The van der Waals surface area contributed by atoms with Gasteiger partial charge in [0.15, 0.2) is 5.76 Å². The van der Waals surface area contributed by atoms with E-state index in [1.54, 1.807) is 18.4 Å². The van der Waals surface area contributed by atoms with Crippen molar-refractivity contribution in [2.75, 3.05) is 13.1 Å². The Morgan fingerprint density at radius 2 is 2.12 bits per heavy atom. The lowest BCUT2D eigenvalue weighted by Crippen LogP contribution is -2.49. The van der Waals surface area contributed by atoms with Crippen LogP contribution in [0.25, 0.3) is 22.5 Å². The van der Waals surface area contributed by atoms with E-state index >= 15 is 0 Å². The summed E-state index contributed by atoms with van der Waals surface area (Å²) in [5.41, 5.74) is 2.07. The lowest BCUT2D eigenvalue weighted by atomic mass is 9.98. The molecule has 7 nitrogen and oxygen atoms in total. The molecule has 0 radical (unpaired) electrons. The zero-order valence-electron chi connectivity index (χ0n) is 13.9. The SMILES string of the molecule is O=C(Cc1c[nH]c2ccccc12)N1CC(c2nc(-c3ccco3)no2)C1. The van der Waals surface area contributed by atoms with Crippen molar-refractivity contribution in [2.45, 2.75) is 12.3 Å². The Morgan fingerprint density at radius 3 is 2.96 bits per heavy atom. The highest BCUT2D eigenvalue weighted by molar-refractivity contribution is 5.89. The lowest BCUT2D eigenvalue weighted by molar-refractivity contribution is -0.135. The largest absolute Gasteiger partial charge is 0.461 e. The van der Waals surface area contributed by atoms with E-state index in [2.05, 4.69) is 15.1 Å². The summed E-state index contributed by atoms with van der Waals surface area (Å²) in [4.78, 5) is 21.9. The van der Waals surface area contributed by atoms with Crippen molar-refractivity contribution in [3.8, 4) is 11.6 Å². The first-order valence-electron chi connectivity index (χ1n) is 8.48. The summed E-state index contributed by atoms with van der Waals surface area (Å²) in [7, 11) is 0. The van der Waals surface area contributed by atoms with Gasteiger partial charge in [0.2, 0.25) is 17.6 Å². The fourth-order valence-corrected chi connectivity index (χ4v) is 3.30. The Labute approximate surface area is 148 Å². The quantitative estimate of drug-likeness (QED) is 0.612. The van der Waals surface area contributed by atoms with Crippen molar-refractivity contribution in [3.05, 3.63) is 60.3 Å². The van der Waals surface area contributed by atoms with E-state index in [0.717, 1.165) is 16.5 Å². The molecular formula is C19H16N4O3. The van der Waals surface area contributed by atoms with Gasteiger partial charge in [-0.15, -0.1) is 0 Å². The number of para-hydroxylation sites is 1. The maximum absolute atomic E-state index is 12.5. The fraction of sp³-hybridized carbons (Fsp3) is 0.211. The normalized spacial score (nSPS) is 14.7. The van der Waals surface area contributed by atoms with Gasteiger partial charge in [0, 0.05) is 30.2 Å². The minimum absolute atomic E-state index is 0.0816. The van der Waals surface area contributed by atoms with Gasteiger partial charge < -0.3 is 18.8 Å². The van der Waals surface area contributed by atoms with E-state index in [1.807, 2.05) is 35.4 Å². The van der Waals surface area contributed by atoms with E-state index in [9.17, 15) is 4.79 Å². The fourth-order valence-electron chi connectivity index (χ4n) is 3.30. The molecular weight excluding hydrogens is 332 g/mol. The number of amides is 1. The van der Waals surface area contributed by atoms with Gasteiger partial charge in [-0.2, -0.15) is 4.98 Å². The third-order valence-electron chi connectivity index (χ3n) is 4.78. The first kappa shape index (κ1) is 14.9. The van der Waals surface area contributed by atoms with Gasteiger partial charge >= 0.3 is 0 Å². The maximum Gasteiger partial charge on any atom is 0.238 e. The summed E-state index contributed by atoms with van der Waals surface area (Å²) < 4.78 is 10.6. The summed E-state index contributed by atoms with van der Waals surface area (Å²) in [6.07, 6.45) is 3.87. The summed E-state index contributed by atoms with van der Waals surface area (Å²) >= 11 is 0. The number of aromatic nitrogens is 3. The minimum Gasteiger partial charge on any atom is -0.461 e. The monoisotopic (exact) mass is 348 g/mol. The van der Waals surface area contributed by atoms with Gasteiger partial charge in [-0.3, -0.25) is 4.79 Å². The number of likely N-dealkylation sites (tertiary alicyclic amines) is 1. The summed E-state index contributed by atoms with van der Waals surface area (Å²) in [6, 6.07) is 11.6. The van der Waals surface area contributed by atoms with Crippen LogP contribution in [0, 0.1) is 0 Å². The van der Waals surface area contributed by atoms with Crippen molar-refractivity contribution >= 4 is 16.8 Å². The molecule has 4 aromatic rings. The van der Waals surface area contributed by atoms with Crippen LogP contribution in [0.4, 0.5) is 0 Å². The summed E-state index contributed by atoms with van der Waals surface area (Å²) in [5, 5.41) is 5.03. The number of aromatic amines is 1. The average molecular weight is 348 g/mol. The van der Waals surface area contributed by atoms with Gasteiger partial charge in [0.05, 0.1) is 18.6 Å². The van der Waals surface area contributed by atoms with Crippen molar-refractivity contribution in [1.82, 2.24) is 20.0 Å². The molecule has 0 atom stereocenters. The van der Waals surface area contributed by atoms with Crippen LogP contribution >= 0.6 is 0 Å². The lowest BCUT2D eigenvalue weighted by Gasteiger charge is -2.37. The molecule has 0 bridgehead atoms. The number of hydrogen-bond acceptors (Lipinski definition) is 5. The highest BCUT2D eigenvalue weighted by Crippen LogP contribution is 2.29. The predicted molar refractivity (Wildman–Crippen MR) is 93.3 cm³/mol. The van der Waals surface area contributed by atoms with Crippen molar-refractivity contribution in [1.29, 1.82) is 0 Å². The van der Waals surface area contributed by atoms with Crippen molar-refractivity contribution in [2.24, 2.45) is 0 Å². The van der Waals surface area contributed by atoms with Gasteiger partial charge in [-0.25, -0.2) is 0 Å². The molecule has 1 N–H and O–H groups in total. The Balaban J connectivity index is 1.23. The van der Waals surface area contributed by atoms with Crippen LogP contribution in [-0.2, 0) is 11.2 Å². The van der Waals surface area contributed by atoms with Crippen LogP contribution in [0.5, 0.6) is 0 Å². The van der Waals surface area contributed by atoms with Crippen LogP contribution < -0.4 is 0 Å². The molecule has 130 valence electrons. The molecule has 0 unspecified atom stereocenters. The molecule has 1 aliphatic heterocycles. The first-order chi connectivity index (χ1) is 12.8. The molecule has 0 spiro atoms. The number of furan rings is 1. The molecule has 7 heteroatoms. The van der Waals surface area contributed by atoms with E-state index in [1.165, 1.54) is 0 Å². The number of carbonyl (C=O) groups excluding carboxylic acids is 1. The van der Waals surface area contributed by atoms with Crippen molar-refractivity contribution in [3.63, 3.8) is 0 Å². The summed E-state index contributed by atoms with van der Waals surface area (Å²) in [6.45, 7) is 1.20. The smallest absolute Gasteiger partial charge is 0.238 e. The third kappa shape index (κ3) is 2.48. The van der Waals surface area contributed by atoms with E-state index in [-0.39, 0.29) is 11.8 Å². The van der Waals surface area contributed by atoms with E-state index in [4.69, 9.17) is 8.94 Å². The number of hydrogen-bond donors (Lipinski definition) is 1. The molecule has 1 amide bonds. The Morgan fingerprint density at radius 1 is 1.23 bits per heavy atom. The standard InChI is InChI=1S/C19H16N4O3/c24-17(8-12-9-20-15-5-2-1-4-14(12)15)23-10-13(11-23)19-21-18(22-26-19)16-6-3-7-25-16/h1-7,9,13,20H,8,10-11H2. The van der Waals surface area contributed by atoms with Gasteiger partial charge in [-0.05, 0) is 23.8 Å². The van der Waals surface area contributed by atoms with Gasteiger partial charge in [0.25, 0.3) is 0 Å². The summed E-state index contributed by atoms with van der Waals surface area (Å²) in [5.74, 6) is 1.75. The van der Waals surface area contributed by atoms with Crippen LogP contribution in [-0.4, -0.2) is 39.0 Å².